The summed E-state index contributed by atoms with van der Waals surface area (Å²) in [5.74, 6) is 0. The quantitative estimate of drug-likeness (QED) is 0.566. The zero-order valence-corrected chi connectivity index (χ0v) is 18.5. The standard InChI is InChI=1S/C28H33N3/c1-2-16-29-26-14-13-25-19-30(17-15-24(25)18-26)27-20-31(21-27)28(22-9-5-3-6-10-22)23-11-7-4-8-12-23/h3-14,18,27-29H,2,15-17,19-21H2,1H3. The summed E-state index contributed by atoms with van der Waals surface area (Å²) < 4.78 is 0. The van der Waals surface area contributed by atoms with Gasteiger partial charge in [-0.3, -0.25) is 9.80 Å². The van der Waals surface area contributed by atoms with Gasteiger partial charge in [0.2, 0.25) is 0 Å². The van der Waals surface area contributed by atoms with Gasteiger partial charge in [-0.05, 0) is 47.2 Å². The summed E-state index contributed by atoms with van der Waals surface area (Å²) in [6.07, 6.45) is 2.32. The van der Waals surface area contributed by atoms with E-state index in [0.717, 1.165) is 39.0 Å². The Bertz CT molecular complexity index is 940. The van der Waals surface area contributed by atoms with Gasteiger partial charge in [-0.2, -0.15) is 0 Å². The third-order valence-corrected chi connectivity index (χ3v) is 6.83. The van der Waals surface area contributed by atoms with E-state index in [0.29, 0.717) is 12.1 Å². The highest BCUT2D eigenvalue weighted by Gasteiger charge is 2.38. The molecule has 2 aliphatic heterocycles. The molecule has 3 heteroatoms. The Hall–Kier alpha value is -2.62. The average molecular weight is 412 g/mol. The van der Waals surface area contributed by atoms with Crippen molar-refractivity contribution in [3.8, 4) is 0 Å². The van der Waals surface area contributed by atoms with Crippen LogP contribution >= 0.6 is 0 Å². The highest BCUT2D eigenvalue weighted by molar-refractivity contribution is 5.49. The maximum Gasteiger partial charge on any atom is 0.0602 e. The summed E-state index contributed by atoms with van der Waals surface area (Å²) in [6.45, 7) is 7.80. The second-order valence-corrected chi connectivity index (χ2v) is 8.96. The van der Waals surface area contributed by atoms with Gasteiger partial charge in [-0.1, -0.05) is 73.7 Å². The number of fused-ring (bicyclic) bond motifs is 1. The minimum absolute atomic E-state index is 0.350. The predicted molar refractivity (Wildman–Crippen MR) is 129 cm³/mol. The lowest BCUT2D eigenvalue weighted by atomic mass is 9.91. The SMILES string of the molecule is CCCNc1ccc2c(c1)CCN(C1CN(C(c3ccccc3)c3ccccc3)C1)C2. The molecule has 0 radical (unpaired) electrons. The van der Waals surface area contributed by atoms with Crippen LogP contribution in [0.15, 0.2) is 78.9 Å². The molecule has 0 spiro atoms. The van der Waals surface area contributed by atoms with Crippen molar-refractivity contribution in [3.63, 3.8) is 0 Å². The van der Waals surface area contributed by atoms with Gasteiger partial charge >= 0.3 is 0 Å². The van der Waals surface area contributed by atoms with Gasteiger partial charge in [0.05, 0.1) is 6.04 Å². The first-order valence-corrected chi connectivity index (χ1v) is 11.8. The van der Waals surface area contributed by atoms with Crippen LogP contribution in [0.1, 0.15) is 41.6 Å². The highest BCUT2D eigenvalue weighted by atomic mass is 15.3. The van der Waals surface area contributed by atoms with Crippen LogP contribution in [0, 0.1) is 0 Å². The zero-order chi connectivity index (χ0) is 21.0. The van der Waals surface area contributed by atoms with Crippen molar-refractivity contribution in [1.29, 1.82) is 0 Å². The van der Waals surface area contributed by atoms with Gasteiger partial charge in [0.1, 0.15) is 0 Å². The summed E-state index contributed by atoms with van der Waals surface area (Å²) in [4.78, 5) is 5.34. The van der Waals surface area contributed by atoms with Crippen LogP contribution in [0.5, 0.6) is 0 Å². The van der Waals surface area contributed by atoms with E-state index in [2.05, 4.69) is 101 Å². The molecule has 1 N–H and O–H groups in total. The Balaban J connectivity index is 1.26. The number of anilines is 1. The molecule has 0 amide bonds. The molecule has 0 bridgehead atoms. The molecular weight excluding hydrogens is 378 g/mol. The molecule has 0 aliphatic carbocycles. The van der Waals surface area contributed by atoms with Crippen LogP contribution in [0.4, 0.5) is 5.69 Å². The van der Waals surface area contributed by atoms with Gasteiger partial charge in [0, 0.05) is 44.5 Å². The van der Waals surface area contributed by atoms with E-state index in [1.54, 1.807) is 0 Å². The minimum atomic E-state index is 0.350. The van der Waals surface area contributed by atoms with E-state index < -0.39 is 0 Å². The Labute approximate surface area is 186 Å². The predicted octanol–water partition coefficient (Wildman–Crippen LogP) is 5.34. The topological polar surface area (TPSA) is 18.5 Å². The monoisotopic (exact) mass is 411 g/mol. The fourth-order valence-electron chi connectivity index (χ4n) is 5.08. The number of nitrogens with zero attached hydrogens (tertiary/aromatic N) is 2. The molecule has 3 aromatic carbocycles. The Kier molecular flexibility index (Phi) is 6.06. The number of nitrogens with one attached hydrogen (secondary N) is 1. The normalized spacial score (nSPS) is 17.4. The van der Waals surface area contributed by atoms with E-state index in [1.165, 1.54) is 34.5 Å². The van der Waals surface area contributed by atoms with Crippen LogP contribution in [-0.4, -0.2) is 42.0 Å². The molecule has 160 valence electrons. The molecule has 1 fully saturated rings. The van der Waals surface area contributed by atoms with E-state index >= 15 is 0 Å². The minimum Gasteiger partial charge on any atom is -0.385 e. The van der Waals surface area contributed by atoms with Gasteiger partial charge in [-0.15, -0.1) is 0 Å². The average Bonchev–Trinajstić information content (AvgIpc) is 2.80. The summed E-state index contributed by atoms with van der Waals surface area (Å²) in [7, 11) is 0. The Morgan fingerprint density at radius 1 is 0.871 bits per heavy atom. The molecule has 1 saturated heterocycles. The molecule has 31 heavy (non-hydrogen) atoms. The second-order valence-electron chi connectivity index (χ2n) is 8.96. The van der Waals surface area contributed by atoms with Crippen molar-refractivity contribution < 1.29 is 0 Å². The molecule has 2 heterocycles. The van der Waals surface area contributed by atoms with E-state index in [4.69, 9.17) is 0 Å². The van der Waals surface area contributed by atoms with Crippen LogP contribution in [0.3, 0.4) is 0 Å². The maximum absolute atomic E-state index is 3.53. The van der Waals surface area contributed by atoms with Gasteiger partial charge in [0.25, 0.3) is 0 Å². The summed E-state index contributed by atoms with van der Waals surface area (Å²) >= 11 is 0. The molecule has 5 rings (SSSR count). The molecule has 0 aromatic heterocycles. The Morgan fingerprint density at radius 2 is 1.55 bits per heavy atom. The number of benzene rings is 3. The molecule has 0 atom stereocenters. The van der Waals surface area contributed by atoms with Crippen LogP contribution in [0.25, 0.3) is 0 Å². The number of likely N-dealkylation sites (tertiary alicyclic amines) is 1. The lowest BCUT2D eigenvalue weighted by Crippen LogP contribution is -2.60. The van der Waals surface area contributed by atoms with Crippen LogP contribution < -0.4 is 5.32 Å². The van der Waals surface area contributed by atoms with Crippen molar-refractivity contribution in [3.05, 3.63) is 101 Å². The third-order valence-electron chi connectivity index (χ3n) is 6.83. The largest absolute Gasteiger partial charge is 0.385 e. The van der Waals surface area contributed by atoms with Crippen molar-refractivity contribution in [1.82, 2.24) is 9.80 Å². The van der Waals surface area contributed by atoms with Crippen molar-refractivity contribution in [2.45, 2.75) is 38.4 Å². The first-order chi connectivity index (χ1) is 15.3. The summed E-state index contributed by atoms with van der Waals surface area (Å²) in [6, 6.07) is 29.9. The van der Waals surface area contributed by atoms with Crippen LogP contribution in [-0.2, 0) is 13.0 Å². The van der Waals surface area contributed by atoms with Crippen molar-refractivity contribution in [2.75, 3.05) is 31.5 Å². The summed E-state index contributed by atoms with van der Waals surface area (Å²) in [5, 5.41) is 3.53. The number of rotatable bonds is 7. The first-order valence-electron chi connectivity index (χ1n) is 11.8. The van der Waals surface area contributed by atoms with Crippen LogP contribution in [0.2, 0.25) is 0 Å². The molecule has 0 unspecified atom stereocenters. The smallest absolute Gasteiger partial charge is 0.0602 e. The van der Waals surface area contributed by atoms with Gasteiger partial charge < -0.3 is 5.32 Å². The second kappa shape index (κ2) is 9.25. The summed E-state index contributed by atoms with van der Waals surface area (Å²) in [5.41, 5.74) is 7.10. The molecule has 2 aliphatic rings. The van der Waals surface area contributed by atoms with E-state index in [1.807, 2.05) is 0 Å². The van der Waals surface area contributed by atoms with E-state index in [-0.39, 0.29) is 0 Å². The van der Waals surface area contributed by atoms with Crippen molar-refractivity contribution in [2.24, 2.45) is 0 Å². The lowest BCUT2D eigenvalue weighted by molar-refractivity contribution is 0.00728. The fraction of sp³-hybridized carbons (Fsp3) is 0.357. The molecule has 0 saturated carbocycles. The molecule has 3 aromatic rings. The number of hydrogen-bond donors (Lipinski definition) is 1. The Morgan fingerprint density at radius 3 is 2.19 bits per heavy atom. The highest BCUT2D eigenvalue weighted by Crippen LogP contribution is 2.35. The zero-order valence-electron chi connectivity index (χ0n) is 18.5. The van der Waals surface area contributed by atoms with E-state index in [9.17, 15) is 0 Å². The van der Waals surface area contributed by atoms with Crippen molar-refractivity contribution >= 4 is 5.69 Å². The maximum atomic E-state index is 3.53. The fourth-order valence-corrected chi connectivity index (χ4v) is 5.08. The lowest BCUT2D eigenvalue weighted by Gasteiger charge is -2.50. The first kappa shape index (κ1) is 20.3. The molecular formula is C28H33N3. The third kappa shape index (κ3) is 4.39. The number of hydrogen-bond acceptors (Lipinski definition) is 3. The molecule has 3 nitrogen and oxygen atoms in total. The van der Waals surface area contributed by atoms with Gasteiger partial charge in [-0.25, -0.2) is 0 Å². The van der Waals surface area contributed by atoms with Gasteiger partial charge in [0.15, 0.2) is 0 Å².